The Labute approximate surface area is 122 Å². The summed E-state index contributed by atoms with van der Waals surface area (Å²) in [5.41, 5.74) is 2.88. The van der Waals surface area contributed by atoms with Crippen molar-refractivity contribution in [2.75, 3.05) is 32.9 Å². The van der Waals surface area contributed by atoms with E-state index in [4.69, 9.17) is 9.47 Å². The summed E-state index contributed by atoms with van der Waals surface area (Å²) >= 11 is 3.58. The van der Waals surface area contributed by atoms with Crippen molar-refractivity contribution in [3.8, 4) is 0 Å². The van der Waals surface area contributed by atoms with E-state index < -0.39 is 0 Å². The monoisotopic (exact) mass is 325 g/mol. The van der Waals surface area contributed by atoms with E-state index in [9.17, 15) is 0 Å². The molecule has 104 valence electrons. The molecule has 4 heteroatoms. The average Bonchev–Trinajstić information content (AvgIpc) is 2.38. The fourth-order valence-corrected chi connectivity index (χ4v) is 3.45. The van der Waals surface area contributed by atoms with Gasteiger partial charge in [0.15, 0.2) is 0 Å². The molecule has 3 nitrogen and oxygen atoms in total. The first-order valence-electron chi connectivity index (χ1n) is 6.86. The van der Waals surface area contributed by atoms with Gasteiger partial charge in [0.1, 0.15) is 0 Å². The zero-order chi connectivity index (χ0) is 13.3. The van der Waals surface area contributed by atoms with E-state index in [1.807, 2.05) is 0 Å². The zero-order valence-corrected chi connectivity index (χ0v) is 12.8. The molecular weight excluding hydrogens is 306 g/mol. The summed E-state index contributed by atoms with van der Waals surface area (Å²) in [6, 6.07) is 6.53. The fourth-order valence-electron chi connectivity index (χ4n) is 3.08. The van der Waals surface area contributed by atoms with Gasteiger partial charge in [-0.05, 0) is 36.6 Å². The molecule has 2 fully saturated rings. The van der Waals surface area contributed by atoms with Crippen LogP contribution in [0.25, 0.3) is 0 Å². The summed E-state index contributed by atoms with van der Waals surface area (Å²) in [5.74, 6) is 0. The van der Waals surface area contributed by atoms with Crippen molar-refractivity contribution in [3.63, 3.8) is 0 Å². The van der Waals surface area contributed by atoms with Gasteiger partial charge in [-0.25, -0.2) is 0 Å². The van der Waals surface area contributed by atoms with Crippen molar-refractivity contribution in [1.82, 2.24) is 5.32 Å². The van der Waals surface area contributed by atoms with Crippen LogP contribution in [0.2, 0.25) is 0 Å². The molecule has 2 heterocycles. The summed E-state index contributed by atoms with van der Waals surface area (Å²) in [7, 11) is 0. The van der Waals surface area contributed by atoms with Crippen LogP contribution in [0.15, 0.2) is 22.7 Å². The molecule has 1 atom stereocenters. The Hall–Kier alpha value is -0.420. The van der Waals surface area contributed by atoms with Crippen LogP contribution in [0.5, 0.6) is 0 Å². The molecule has 0 saturated carbocycles. The third kappa shape index (κ3) is 2.72. The van der Waals surface area contributed by atoms with Crippen LogP contribution in [0, 0.1) is 6.92 Å². The van der Waals surface area contributed by atoms with Crippen molar-refractivity contribution >= 4 is 15.9 Å². The third-order valence-electron chi connectivity index (χ3n) is 4.15. The highest BCUT2D eigenvalue weighted by Crippen LogP contribution is 2.40. The minimum Gasteiger partial charge on any atom is -0.379 e. The maximum absolute atomic E-state index is 5.87. The van der Waals surface area contributed by atoms with Gasteiger partial charge in [-0.2, -0.15) is 0 Å². The van der Waals surface area contributed by atoms with Gasteiger partial charge in [0.2, 0.25) is 0 Å². The van der Waals surface area contributed by atoms with E-state index in [-0.39, 0.29) is 5.41 Å². The molecule has 2 aliphatic heterocycles. The van der Waals surface area contributed by atoms with Gasteiger partial charge in [-0.1, -0.05) is 22.0 Å². The largest absolute Gasteiger partial charge is 0.379 e. The lowest BCUT2D eigenvalue weighted by atomic mass is 9.72. The van der Waals surface area contributed by atoms with Gasteiger partial charge in [-0.15, -0.1) is 0 Å². The molecule has 3 rings (SSSR count). The molecule has 2 saturated heterocycles. The smallest absolute Gasteiger partial charge is 0.0710 e. The van der Waals surface area contributed by atoms with Crippen molar-refractivity contribution in [2.45, 2.75) is 24.9 Å². The number of hydrogen-bond donors (Lipinski definition) is 1. The van der Waals surface area contributed by atoms with Crippen molar-refractivity contribution in [2.24, 2.45) is 0 Å². The SMILES string of the molecule is Cc1ccc(Br)cc1C1(CC2CNCCO2)COC1. The second kappa shape index (κ2) is 5.52. The molecule has 0 aromatic heterocycles. The van der Waals surface area contributed by atoms with Crippen LogP contribution in [-0.4, -0.2) is 39.0 Å². The van der Waals surface area contributed by atoms with Crippen molar-refractivity contribution in [3.05, 3.63) is 33.8 Å². The normalized spacial score (nSPS) is 25.9. The minimum absolute atomic E-state index is 0.136. The average molecular weight is 326 g/mol. The molecule has 1 aromatic carbocycles. The van der Waals surface area contributed by atoms with Crippen LogP contribution >= 0.6 is 15.9 Å². The van der Waals surface area contributed by atoms with Gasteiger partial charge < -0.3 is 14.8 Å². The summed E-state index contributed by atoms with van der Waals surface area (Å²) in [5, 5.41) is 3.41. The van der Waals surface area contributed by atoms with Crippen molar-refractivity contribution < 1.29 is 9.47 Å². The molecular formula is C15H20BrNO2. The summed E-state index contributed by atoms with van der Waals surface area (Å²) in [6.07, 6.45) is 1.34. The Balaban J connectivity index is 1.83. The molecule has 0 radical (unpaired) electrons. The number of halogens is 1. The number of aryl methyl sites for hydroxylation is 1. The highest BCUT2D eigenvalue weighted by molar-refractivity contribution is 9.10. The molecule has 0 spiro atoms. The van der Waals surface area contributed by atoms with Crippen LogP contribution in [0.3, 0.4) is 0 Å². The van der Waals surface area contributed by atoms with Crippen LogP contribution in [0.1, 0.15) is 17.5 Å². The first-order chi connectivity index (χ1) is 9.20. The topological polar surface area (TPSA) is 30.5 Å². The van der Waals surface area contributed by atoms with Crippen molar-refractivity contribution in [1.29, 1.82) is 0 Å². The fraction of sp³-hybridized carbons (Fsp3) is 0.600. The number of morpholine rings is 1. The Morgan fingerprint density at radius 3 is 2.89 bits per heavy atom. The molecule has 0 amide bonds. The lowest BCUT2D eigenvalue weighted by molar-refractivity contribution is -0.0944. The zero-order valence-electron chi connectivity index (χ0n) is 11.2. The molecule has 1 aromatic rings. The second-order valence-corrected chi connectivity index (χ2v) is 6.55. The van der Waals surface area contributed by atoms with Gasteiger partial charge in [0.25, 0.3) is 0 Å². The Bertz CT molecular complexity index is 453. The van der Waals surface area contributed by atoms with E-state index in [1.54, 1.807) is 0 Å². The molecule has 2 aliphatic rings. The molecule has 19 heavy (non-hydrogen) atoms. The van der Waals surface area contributed by atoms with E-state index >= 15 is 0 Å². The number of nitrogens with one attached hydrogen (secondary N) is 1. The highest BCUT2D eigenvalue weighted by Gasteiger charge is 2.43. The number of rotatable bonds is 3. The van der Waals surface area contributed by atoms with E-state index in [1.165, 1.54) is 11.1 Å². The van der Waals surface area contributed by atoms with E-state index in [0.29, 0.717) is 6.10 Å². The maximum Gasteiger partial charge on any atom is 0.0710 e. The van der Waals surface area contributed by atoms with Gasteiger partial charge in [-0.3, -0.25) is 0 Å². The Kier molecular flexibility index (Phi) is 3.94. The maximum atomic E-state index is 5.87. The summed E-state index contributed by atoms with van der Waals surface area (Å²) < 4.78 is 12.5. The Morgan fingerprint density at radius 2 is 2.26 bits per heavy atom. The first kappa shape index (κ1) is 13.6. The van der Waals surface area contributed by atoms with Gasteiger partial charge in [0.05, 0.1) is 25.9 Å². The van der Waals surface area contributed by atoms with E-state index in [2.05, 4.69) is 46.4 Å². The highest BCUT2D eigenvalue weighted by atomic mass is 79.9. The van der Waals surface area contributed by atoms with Gasteiger partial charge in [0, 0.05) is 23.0 Å². The molecule has 1 N–H and O–H groups in total. The molecule has 1 unspecified atom stereocenters. The van der Waals surface area contributed by atoms with Crippen LogP contribution in [0.4, 0.5) is 0 Å². The van der Waals surface area contributed by atoms with Crippen LogP contribution in [-0.2, 0) is 14.9 Å². The predicted molar refractivity (Wildman–Crippen MR) is 78.6 cm³/mol. The third-order valence-corrected chi connectivity index (χ3v) is 4.64. The first-order valence-corrected chi connectivity index (χ1v) is 7.66. The second-order valence-electron chi connectivity index (χ2n) is 5.63. The molecule has 0 aliphatic carbocycles. The Morgan fingerprint density at radius 1 is 1.42 bits per heavy atom. The predicted octanol–water partition coefficient (Wildman–Crippen LogP) is 2.40. The quantitative estimate of drug-likeness (QED) is 0.925. The standard InChI is InChI=1S/C15H20BrNO2/c1-11-2-3-12(16)6-14(11)15(9-18-10-15)7-13-8-17-4-5-19-13/h2-3,6,13,17H,4-5,7-10H2,1H3. The number of ether oxygens (including phenoxy) is 2. The lowest BCUT2D eigenvalue weighted by Crippen LogP contribution is -2.52. The summed E-state index contributed by atoms with van der Waals surface area (Å²) in [6.45, 7) is 6.54. The van der Waals surface area contributed by atoms with Gasteiger partial charge >= 0.3 is 0 Å². The number of hydrogen-bond acceptors (Lipinski definition) is 3. The number of benzene rings is 1. The van der Waals surface area contributed by atoms with E-state index in [0.717, 1.165) is 43.8 Å². The molecule has 0 bridgehead atoms. The lowest BCUT2D eigenvalue weighted by Gasteiger charge is -2.45. The summed E-state index contributed by atoms with van der Waals surface area (Å²) in [4.78, 5) is 0. The minimum atomic E-state index is 0.136. The van der Waals surface area contributed by atoms with Crippen LogP contribution < -0.4 is 5.32 Å².